The summed E-state index contributed by atoms with van der Waals surface area (Å²) in [6.07, 6.45) is 0. The van der Waals surface area contributed by atoms with Gasteiger partial charge in [-0.3, -0.25) is 4.79 Å². The van der Waals surface area contributed by atoms with E-state index in [1.807, 2.05) is 13.8 Å². The molecule has 0 spiro atoms. The Labute approximate surface area is 117 Å². The first-order valence-electron chi connectivity index (χ1n) is 6.25. The summed E-state index contributed by atoms with van der Waals surface area (Å²) in [4.78, 5) is 19.5. The molecule has 1 aromatic carbocycles. The highest BCUT2D eigenvalue weighted by Crippen LogP contribution is 2.21. The molecule has 0 aliphatic rings. The summed E-state index contributed by atoms with van der Waals surface area (Å²) < 4.78 is 5.64. The minimum atomic E-state index is -0.469. The predicted octanol–water partition coefficient (Wildman–Crippen LogP) is 2.11. The zero-order valence-corrected chi connectivity index (χ0v) is 11.4. The molecule has 0 bridgehead atoms. The van der Waals surface area contributed by atoms with Crippen LogP contribution in [0.2, 0.25) is 0 Å². The molecule has 20 heavy (non-hydrogen) atoms. The average molecular weight is 272 g/mol. The van der Waals surface area contributed by atoms with Gasteiger partial charge in [-0.15, -0.1) is 0 Å². The van der Waals surface area contributed by atoms with Gasteiger partial charge in [-0.1, -0.05) is 0 Å². The summed E-state index contributed by atoms with van der Waals surface area (Å²) in [6, 6.07) is 8.30. The minimum absolute atomic E-state index is 0.435. The van der Waals surface area contributed by atoms with E-state index in [1.54, 1.807) is 30.3 Å². The van der Waals surface area contributed by atoms with Crippen LogP contribution in [-0.4, -0.2) is 22.4 Å². The van der Waals surface area contributed by atoms with E-state index < -0.39 is 5.91 Å². The number of ether oxygens (including phenoxy) is 1. The lowest BCUT2D eigenvalue weighted by Crippen LogP contribution is -2.10. The number of anilines is 1. The third-order valence-electron chi connectivity index (χ3n) is 2.53. The number of nitrogens with zero attached hydrogens (tertiary/aromatic N) is 2. The van der Waals surface area contributed by atoms with Gasteiger partial charge in [0, 0.05) is 23.9 Å². The number of benzene rings is 1. The zero-order chi connectivity index (χ0) is 14.5. The highest BCUT2D eigenvalue weighted by Gasteiger charge is 2.05. The van der Waals surface area contributed by atoms with Crippen molar-refractivity contribution in [3.8, 4) is 11.6 Å². The molecule has 104 valence electrons. The van der Waals surface area contributed by atoms with Crippen molar-refractivity contribution in [3.63, 3.8) is 0 Å². The first-order valence-corrected chi connectivity index (χ1v) is 6.25. The van der Waals surface area contributed by atoms with Crippen LogP contribution in [0, 0.1) is 6.92 Å². The van der Waals surface area contributed by atoms with E-state index in [0.29, 0.717) is 23.1 Å². The number of aromatic nitrogens is 2. The van der Waals surface area contributed by atoms with Crippen molar-refractivity contribution in [3.05, 3.63) is 41.6 Å². The Balaban J connectivity index is 2.18. The van der Waals surface area contributed by atoms with Gasteiger partial charge in [-0.2, -0.15) is 4.98 Å². The van der Waals surface area contributed by atoms with E-state index in [2.05, 4.69) is 15.3 Å². The molecule has 1 amide bonds. The SMILES string of the molecule is CCNc1nc(C)cc(Oc2ccc(C(N)=O)cc2)n1. The number of rotatable bonds is 5. The normalized spacial score (nSPS) is 10.1. The van der Waals surface area contributed by atoms with E-state index >= 15 is 0 Å². The number of amides is 1. The molecule has 2 aromatic rings. The van der Waals surface area contributed by atoms with Crippen LogP contribution in [0.1, 0.15) is 23.0 Å². The fourth-order valence-electron chi connectivity index (χ4n) is 1.64. The van der Waals surface area contributed by atoms with Crippen LogP contribution in [0.15, 0.2) is 30.3 Å². The molecular formula is C14H16N4O2. The van der Waals surface area contributed by atoms with Gasteiger partial charge < -0.3 is 15.8 Å². The topological polar surface area (TPSA) is 90.1 Å². The van der Waals surface area contributed by atoms with Crippen molar-refractivity contribution < 1.29 is 9.53 Å². The third kappa shape index (κ3) is 3.44. The first kappa shape index (κ1) is 13.8. The molecular weight excluding hydrogens is 256 g/mol. The summed E-state index contributed by atoms with van der Waals surface area (Å²) in [5.74, 6) is 1.08. The van der Waals surface area contributed by atoms with Gasteiger partial charge in [-0.05, 0) is 38.1 Å². The van der Waals surface area contributed by atoms with Gasteiger partial charge in [0.1, 0.15) is 5.75 Å². The Morgan fingerprint density at radius 3 is 2.60 bits per heavy atom. The Kier molecular flexibility index (Phi) is 4.14. The molecule has 2 rings (SSSR count). The largest absolute Gasteiger partial charge is 0.439 e. The smallest absolute Gasteiger partial charge is 0.248 e. The van der Waals surface area contributed by atoms with Gasteiger partial charge in [-0.25, -0.2) is 4.98 Å². The maximum absolute atomic E-state index is 11.0. The lowest BCUT2D eigenvalue weighted by Gasteiger charge is -2.08. The lowest BCUT2D eigenvalue weighted by molar-refractivity contribution is 0.100. The highest BCUT2D eigenvalue weighted by atomic mass is 16.5. The van der Waals surface area contributed by atoms with Crippen molar-refractivity contribution in [1.29, 1.82) is 0 Å². The number of hydrogen-bond donors (Lipinski definition) is 2. The number of nitrogens with one attached hydrogen (secondary N) is 1. The third-order valence-corrected chi connectivity index (χ3v) is 2.53. The molecule has 1 aromatic heterocycles. The molecule has 0 unspecified atom stereocenters. The highest BCUT2D eigenvalue weighted by molar-refractivity contribution is 5.92. The quantitative estimate of drug-likeness (QED) is 0.870. The van der Waals surface area contributed by atoms with Crippen LogP contribution < -0.4 is 15.8 Å². The number of carbonyl (C=O) groups excluding carboxylic acids is 1. The second-order valence-corrected chi connectivity index (χ2v) is 4.19. The van der Waals surface area contributed by atoms with Crippen LogP contribution in [0.5, 0.6) is 11.6 Å². The van der Waals surface area contributed by atoms with Crippen LogP contribution in [0.3, 0.4) is 0 Å². The fourth-order valence-corrected chi connectivity index (χ4v) is 1.64. The van der Waals surface area contributed by atoms with Crippen LogP contribution in [0.25, 0.3) is 0 Å². The van der Waals surface area contributed by atoms with Gasteiger partial charge in [0.15, 0.2) is 0 Å². The van der Waals surface area contributed by atoms with Crippen molar-refractivity contribution in [1.82, 2.24) is 9.97 Å². The molecule has 3 N–H and O–H groups in total. The Morgan fingerprint density at radius 1 is 1.30 bits per heavy atom. The molecule has 6 heteroatoms. The number of aryl methyl sites for hydroxylation is 1. The fraction of sp³-hybridized carbons (Fsp3) is 0.214. The predicted molar refractivity (Wildman–Crippen MR) is 76.0 cm³/mol. The molecule has 0 saturated heterocycles. The summed E-state index contributed by atoms with van der Waals surface area (Å²) in [5, 5.41) is 3.04. The average Bonchev–Trinajstić information content (AvgIpc) is 2.39. The van der Waals surface area contributed by atoms with Gasteiger partial charge in [0.05, 0.1) is 0 Å². The molecule has 6 nitrogen and oxygen atoms in total. The minimum Gasteiger partial charge on any atom is -0.439 e. The molecule has 0 radical (unpaired) electrons. The van der Waals surface area contributed by atoms with E-state index in [-0.39, 0.29) is 0 Å². The summed E-state index contributed by atoms with van der Waals surface area (Å²) in [5.41, 5.74) is 6.42. The number of primary amides is 1. The maximum Gasteiger partial charge on any atom is 0.248 e. The molecule has 0 aliphatic heterocycles. The van der Waals surface area contributed by atoms with Gasteiger partial charge in [0.2, 0.25) is 17.7 Å². The van der Waals surface area contributed by atoms with E-state index in [9.17, 15) is 4.79 Å². The second-order valence-electron chi connectivity index (χ2n) is 4.19. The van der Waals surface area contributed by atoms with Crippen molar-refractivity contribution in [2.24, 2.45) is 5.73 Å². The van der Waals surface area contributed by atoms with E-state index in [4.69, 9.17) is 10.5 Å². The first-order chi connectivity index (χ1) is 9.58. The van der Waals surface area contributed by atoms with Crippen molar-refractivity contribution >= 4 is 11.9 Å². The van der Waals surface area contributed by atoms with Gasteiger partial charge >= 0.3 is 0 Å². The Hall–Kier alpha value is -2.63. The van der Waals surface area contributed by atoms with Crippen LogP contribution in [0.4, 0.5) is 5.95 Å². The lowest BCUT2D eigenvalue weighted by atomic mass is 10.2. The molecule has 1 heterocycles. The zero-order valence-electron chi connectivity index (χ0n) is 11.4. The van der Waals surface area contributed by atoms with E-state index in [1.165, 1.54) is 0 Å². The molecule has 0 atom stereocenters. The summed E-state index contributed by atoms with van der Waals surface area (Å²) >= 11 is 0. The van der Waals surface area contributed by atoms with Gasteiger partial charge in [0.25, 0.3) is 0 Å². The van der Waals surface area contributed by atoms with E-state index in [0.717, 1.165) is 12.2 Å². The monoisotopic (exact) mass is 272 g/mol. The number of hydrogen-bond acceptors (Lipinski definition) is 5. The molecule has 0 aliphatic carbocycles. The van der Waals surface area contributed by atoms with Crippen LogP contribution >= 0.6 is 0 Å². The number of carbonyl (C=O) groups is 1. The molecule has 0 fully saturated rings. The maximum atomic E-state index is 11.0. The van der Waals surface area contributed by atoms with Crippen molar-refractivity contribution in [2.45, 2.75) is 13.8 Å². The number of nitrogens with two attached hydrogens (primary N) is 1. The summed E-state index contributed by atoms with van der Waals surface area (Å²) in [6.45, 7) is 4.57. The van der Waals surface area contributed by atoms with Crippen LogP contribution in [-0.2, 0) is 0 Å². The Morgan fingerprint density at radius 2 is 2.00 bits per heavy atom. The molecule has 0 saturated carbocycles. The second kappa shape index (κ2) is 6.01. The summed E-state index contributed by atoms with van der Waals surface area (Å²) in [7, 11) is 0. The Bertz CT molecular complexity index is 611. The standard InChI is InChI=1S/C14H16N4O2/c1-3-16-14-17-9(2)8-12(18-14)20-11-6-4-10(5-7-11)13(15)19/h4-8H,3H2,1-2H3,(H2,15,19)(H,16,17,18). The van der Waals surface area contributed by atoms with Crippen molar-refractivity contribution in [2.75, 3.05) is 11.9 Å².